The molecule has 116 valence electrons. The molecule has 0 aromatic heterocycles. The van der Waals surface area contributed by atoms with E-state index in [-0.39, 0.29) is 24.5 Å². The second-order valence-corrected chi connectivity index (χ2v) is 5.20. The Morgan fingerprint density at radius 2 is 1.95 bits per heavy atom. The number of amides is 2. The Morgan fingerprint density at radius 1 is 1.32 bits per heavy atom. The third-order valence-corrected chi connectivity index (χ3v) is 3.45. The lowest BCUT2D eigenvalue weighted by atomic mass is 10.1. The third-order valence-electron chi connectivity index (χ3n) is 3.20. The topological polar surface area (TPSA) is 99.1 Å². The summed E-state index contributed by atoms with van der Waals surface area (Å²) in [5, 5.41) is 17.1. The van der Waals surface area contributed by atoms with Crippen LogP contribution < -0.4 is 5.32 Å². The summed E-state index contributed by atoms with van der Waals surface area (Å²) in [4.78, 5) is 34.8. The molecule has 1 aliphatic rings. The maximum atomic E-state index is 12.1. The molecular weight excluding hydrogens is 310 g/mol. The fourth-order valence-corrected chi connectivity index (χ4v) is 2.12. The van der Waals surface area contributed by atoms with Crippen molar-refractivity contribution in [2.75, 3.05) is 7.05 Å². The molecule has 2 N–H and O–H groups in total. The molecule has 1 atom stereocenters. The molecule has 0 aliphatic carbocycles. The summed E-state index contributed by atoms with van der Waals surface area (Å²) in [5.41, 5.74) is 0.522. The summed E-state index contributed by atoms with van der Waals surface area (Å²) in [6.45, 7) is 0. The molecule has 0 fully saturated rings. The molecule has 2 rings (SSSR count). The molecule has 1 aromatic carbocycles. The van der Waals surface area contributed by atoms with Crippen LogP contribution in [0.1, 0.15) is 24.4 Å². The van der Waals surface area contributed by atoms with Crippen LogP contribution in [0.4, 0.5) is 0 Å². The first-order chi connectivity index (χ1) is 10.4. The number of carboxylic acid groups (broad SMARTS) is 1. The lowest BCUT2D eigenvalue weighted by Gasteiger charge is -2.21. The van der Waals surface area contributed by atoms with Crippen molar-refractivity contribution in [2.24, 2.45) is 5.10 Å². The third kappa shape index (κ3) is 3.62. The monoisotopic (exact) mass is 323 g/mol. The van der Waals surface area contributed by atoms with Gasteiger partial charge in [0.05, 0.1) is 0 Å². The van der Waals surface area contributed by atoms with Gasteiger partial charge in [0.2, 0.25) is 5.91 Å². The number of rotatable bonds is 4. The average molecular weight is 324 g/mol. The largest absolute Gasteiger partial charge is 0.479 e. The van der Waals surface area contributed by atoms with Crippen molar-refractivity contribution in [3.05, 3.63) is 34.9 Å². The second-order valence-electron chi connectivity index (χ2n) is 4.76. The quantitative estimate of drug-likeness (QED) is 0.869. The highest BCUT2D eigenvalue weighted by atomic mass is 35.5. The van der Waals surface area contributed by atoms with Crippen molar-refractivity contribution in [3.63, 3.8) is 0 Å². The molecule has 8 heteroatoms. The molecule has 1 unspecified atom stereocenters. The standard InChI is InChI=1S/C14H14ClN3O4/c1-18-11(19)7-6-10(17-18)13(20)16-12(14(21)22)8-2-4-9(15)5-3-8/h2-5,12H,6-7H2,1H3,(H,16,20)(H,21,22). The molecule has 0 radical (unpaired) electrons. The molecule has 0 saturated heterocycles. The number of carbonyl (C=O) groups is 3. The first kappa shape index (κ1) is 16.0. The van der Waals surface area contributed by atoms with Crippen LogP contribution in [0, 0.1) is 0 Å². The Hall–Kier alpha value is -2.41. The Balaban J connectivity index is 2.16. The van der Waals surface area contributed by atoms with Crippen molar-refractivity contribution < 1.29 is 19.5 Å². The zero-order chi connectivity index (χ0) is 16.3. The minimum absolute atomic E-state index is 0.127. The molecular formula is C14H14ClN3O4. The van der Waals surface area contributed by atoms with Crippen LogP contribution in [0.25, 0.3) is 0 Å². The van der Waals surface area contributed by atoms with Crippen LogP contribution in [0.2, 0.25) is 5.02 Å². The van der Waals surface area contributed by atoms with Crippen LogP contribution in [-0.4, -0.2) is 40.7 Å². The summed E-state index contributed by atoms with van der Waals surface area (Å²) in [5.74, 6) is -2.00. The average Bonchev–Trinajstić information content (AvgIpc) is 2.48. The number of nitrogens with zero attached hydrogens (tertiary/aromatic N) is 2. The molecule has 2 amide bonds. The van der Waals surface area contributed by atoms with Gasteiger partial charge in [0.1, 0.15) is 5.71 Å². The fourth-order valence-electron chi connectivity index (χ4n) is 1.99. The van der Waals surface area contributed by atoms with Gasteiger partial charge in [-0.05, 0) is 17.7 Å². The molecule has 22 heavy (non-hydrogen) atoms. The maximum absolute atomic E-state index is 12.1. The van der Waals surface area contributed by atoms with Gasteiger partial charge < -0.3 is 10.4 Å². The van der Waals surface area contributed by atoms with Crippen molar-refractivity contribution in [1.29, 1.82) is 0 Å². The predicted molar refractivity (Wildman–Crippen MR) is 79.4 cm³/mol. The van der Waals surface area contributed by atoms with Gasteiger partial charge in [-0.15, -0.1) is 0 Å². The number of hydrogen-bond acceptors (Lipinski definition) is 4. The highest BCUT2D eigenvalue weighted by Gasteiger charge is 2.27. The summed E-state index contributed by atoms with van der Waals surface area (Å²) >= 11 is 5.76. The molecule has 1 aromatic rings. The first-order valence-corrected chi connectivity index (χ1v) is 6.89. The van der Waals surface area contributed by atoms with Gasteiger partial charge in [0.25, 0.3) is 5.91 Å². The van der Waals surface area contributed by atoms with Crippen LogP contribution in [0.15, 0.2) is 29.4 Å². The summed E-state index contributed by atoms with van der Waals surface area (Å²) < 4.78 is 0. The van der Waals surface area contributed by atoms with Gasteiger partial charge in [-0.25, -0.2) is 9.80 Å². The predicted octanol–water partition coefficient (Wildman–Crippen LogP) is 1.19. The van der Waals surface area contributed by atoms with Crippen LogP contribution in [0.5, 0.6) is 0 Å². The zero-order valence-corrected chi connectivity index (χ0v) is 12.5. The maximum Gasteiger partial charge on any atom is 0.330 e. The Labute approximate surface area is 131 Å². The number of hydrazone groups is 1. The van der Waals surface area contributed by atoms with E-state index in [1.165, 1.54) is 19.2 Å². The van der Waals surface area contributed by atoms with Gasteiger partial charge in [-0.1, -0.05) is 23.7 Å². The van der Waals surface area contributed by atoms with Gasteiger partial charge in [0.15, 0.2) is 6.04 Å². The van der Waals surface area contributed by atoms with Crippen LogP contribution in [-0.2, 0) is 14.4 Å². The summed E-state index contributed by atoms with van der Waals surface area (Å²) in [7, 11) is 1.45. The van der Waals surface area contributed by atoms with E-state index in [1.54, 1.807) is 12.1 Å². The minimum Gasteiger partial charge on any atom is -0.479 e. The van der Waals surface area contributed by atoms with Crippen LogP contribution >= 0.6 is 11.6 Å². The fraction of sp³-hybridized carbons (Fsp3) is 0.286. The second kappa shape index (κ2) is 6.57. The molecule has 0 bridgehead atoms. The number of benzene rings is 1. The minimum atomic E-state index is -1.21. The summed E-state index contributed by atoms with van der Waals surface area (Å²) in [6.07, 6.45) is 0.351. The van der Waals surface area contributed by atoms with Crippen molar-refractivity contribution in [1.82, 2.24) is 10.3 Å². The molecule has 1 heterocycles. The van der Waals surface area contributed by atoms with Crippen molar-refractivity contribution in [3.8, 4) is 0 Å². The number of nitrogens with one attached hydrogen (secondary N) is 1. The van der Waals surface area contributed by atoms with Crippen molar-refractivity contribution in [2.45, 2.75) is 18.9 Å². The number of hydrogen-bond donors (Lipinski definition) is 2. The van der Waals surface area contributed by atoms with E-state index in [0.717, 1.165) is 5.01 Å². The Bertz CT molecular complexity index is 642. The van der Waals surface area contributed by atoms with Gasteiger partial charge in [-0.2, -0.15) is 5.10 Å². The number of aliphatic carboxylic acids is 1. The van der Waals surface area contributed by atoms with E-state index < -0.39 is 17.9 Å². The molecule has 0 spiro atoms. The van der Waals surface area contributed by atoms with E-state index in [4.69, 9.17) is 11.6 Å². The zero-order valence-electron chi connectivity index (χ0n) is 11.7. The first-order valence-electron chi connectivity index (χ1n) is 6.51. The number of carboxylic acids is 1. The number of halogens is 1. The lowest BCUT2D eigenvalue weighted by molar-refractivity contribution is -0.141. The van der Waals surface area contributed by atoms with Crippen LogP contribution in [0.3, 0.4) is 0 Å². The highest BCUT2D eigenvalue weighted by molar-refractivity contribution is 6.39. The molecule has 0 saturated carbocycles. The highest BCUT2D eigenvalue weighted by Crippen LogP contribution is 2.17. The van der Waals surface area contributed by atoms with E-state index in [9.17, 15) is 19.5 Å². The SMILES string of the molecule is CN1N=C(C(=O)NC(C(=O)O)c2ccc(Cl)cc2)CCC1=O. The van der Waals surface area contributed by atoms with E-state index in [1.807, 2.05) is 0 Å². The smallest absolute Gasteiger partial charge is 0.330 e. The van der Waals surface area contributed by atoms with E-state index >= 15 is 0 Å². The number of carbonyl (C=O) groups excluding carboxylic acids is 2. The summed E-state index contributed by atoms with van der Waals surface area (Å²) in [6, 6.07) is 4.93. The lowest BCUT2D eigenvalue weighted by Crippen LogP contribution is -2.41. The Morgan fingerprint density at radius 3 is 2.50 bits per heavy atom. The molecule has 1 aliphatic heterocycles. The van der Waals surface area contributed by atoms with E-state index in [0.29, 0.717) is 10.6 Å². The van der Waals surface area contributed by atoms with Gasteiger partial charge in [-0.3, -0.25) is 9.59 Å². The Kier molecular flexibility index (Phi) is 4.77. The normalized spacial score (nSPS) is 16.0. The van der Waals surface area contributed by atoms with E-state index in [2.05, 4.69) is 10.4 Å². The van der Waals surface area contributed by atoms with Gasteiger partial charge >= 0.3 is 5.97 Å². The molecule has 7 nitrogen and oxygen atoms in total. The van der Waals surface area contributed by atoms with Crippen molar-refractivity contribution >= 4 is 35.1 Å². The van der Waals surface area contributed by atoms with Gasteiger partial charge in [0, 0.05) is 24.9 Å².